The van der Waals surface area contributed by atoms with E-state index in [2.05, 4.69) is 35.5 Å². The molecule has 1 N–H and O–H groups in total. The molecule has 21 heavy (non-hydrogen) atoms. The van der Waals surface area contributed by atoms with Crippen LogP contribution in [0.5, 0.6) is 5.75 Å². The minimum absolute atomic E-state index is 0.532. The van der Waals surface area contributed by atoms with Gasteiger partial charge in [0.1, 0.15) is 5.75 Å². The Morgan fingerprint density at radius 1 is 1.38 bits per heavy atom. The van der Waals surface area contributed by atoms with E-state index in [1.54, 1.807) is 7.11 Å². The van der Waals surface area contributed by atoms with Gasteiger partial charge in [0, 0.05) is 30.9 Å². The third-order valence-electron chi connectivity index (χ3n) is 4.56. The molecule has 0 fully saturated rings. The van der Waals surface area contributed by atoms with Gasteiger partial charge < -0.3 is 10.1 Å². The van der Waals surface area contributed by atoms with Crippen LogP contribution in [0.15, 0.2) is 24.4 Å². The molecule has 0 spiro atoms. The fraction of sp³-hybridized carbons (Fsp3) is 0.471. The standard InChI is InChI=1S/C17H23N3O/c1-12-15(11-19-20(12)2)10-18-16-6-4-13-5-7-17(21-3)9-14(13)8-16/h5,7,9,11,16,18H,4,6,8,10H2,1-3H3/t16-/m1/s1. The minimum atomic E-state index is 0.532. The smallest absolute Gasteiger partial charge is 0.119 e. The second kappa shape index (κ2) is 5.90. The Morgan fingerprint density at radius 3 is 2.95 bits per heavy atom. The lowest BCUT2D eigenvalue weighted by molar-refractivity contribution is 0.411. The van der Waals surface area contributed by atoms with E-state index in [0.29, 0.717) is 6.04 Å². The number of aryl methyl sites for hydroxylation is 2. The molecule has 1 atom stereocenters. The molecule has 1 aromatic carbocycles. The van der Waals surface area contributed by atoms with Crippen LogP contribution in [-0.2, 0) is 26.4 Å². The van der Waals surface area contributed by atoms with Gasteiger partial charge in [-0.3, -0.25) is 4.68 Å². The normalized spacial score (nSPS) is 17.6. The zero-order valence-corrected chi connectivity index (χ0v) is 13.0. The van der Waals surface area contributed by atoms with Gasteiger partial charge in [0.15, 0.2) is 0 Å². The Kier molecular flexibility index (Phi) is 3.97. The molecule has 0 saturated heterocycles. The van der Waals surface area contributed by atoms with Gasteiger partial charge in [-0.05, 0) is 49.4 Å². The predicted molar refractivity (Wildman–Crippen MR) is 83.6 cm³/mol. The summed E-state index contributed by atoms with van der Waals surface area (Å²) in [5, 5.41) is 7.97. The molecule has 3 rings (SSSR count). The van der Waals surface area contributed by atoms with Gasteiger partial charge in [-0.15, -0.1) is 0 Å². The molecule has 0 radical (unpaired) electrons. The molecule has 0 unspecified atom stereocenters. The van der Waals surface area contributed by atoms with E-state index in [1.807, 2.05) is 17.9 Å². The van der Waals surface area contributed by atoms with Gasteiger partial charge >= 0.3 is 0 Å². The fourth-order valence-corrected chi connectivity index (χ4v) is 3.01. The van der Waals surface area contributed by atoms with Crippen LogP contribution in [0.4, 0.5) is 0 Å². The maximum Gasteiger partial charge on any atom is 0.119 e. The second-order valence-corrected chi connectivity index (χ2v) is 5.83. The van der Waals surface area contributed by atoms with Crippen molar-refractivity contribution in [1.82, 2.24) is 15.1 Å². The summed E-state index contributed by atoms with van der Waals surface area (Å²) >= 11 is 0. The molecule has 1 aromatic heterocycles. The van der Waals surface area contributed by atoms with Crippen molar-refractivity contribution in [3.05, 3.63) is 46.8 Å². The van der Waals surface area contributed by atoms with Crippen LogP contribution in [-0.4, -0.2) is 22.9 Å². The van der Waals surface area contributed by atoms with Gasteiger partial charge in [0.2, 0.25) is 0 Å². The Hall–Kier alpha value is -1.81. The van der Waals surface area contributed by atoms with Crippen molar-refractivity contribution in [3.63, 3.8) is 0 Å². The minimum Gasteiger partial charge on any atom is -0.497 e. The zero-order valence-electron chi connectivity index (χ0n) is 13.0. The lowest BCUT2D eigenvalue weighted by Gasteiger charge is -2.26. The number of hydrogen-bond donors (Lipinski definition) is 1. The number of nitrogens with one attached hydrogen (secondary N) is 1. The van der Waals surface area contributed by atoms with Crippen molar-refractivity contribution in [2.24, 2.45) is 7.05 Å². The first-order valence-corrected chi connectivity index (χ1v) is 7.54. The lowest BCUT2D eigenvalue weighted by Crippen LogP contribution is -2.34. The molecule has 4 nitrogen and oxygen atoms in total. The quantitative estimate of drug-likeness (QED) is 0.937. The molecule has 112 valence electrons. The van der Waals surface area contributed by atoms with E-state index in [1.165, 1.54) is 28.8 Å². The summed E-state index contributed by atoms with van der Waals surface area (Å²) in [7, 11) is 3.72. The topological polar surface area (TPSA) is 39.1 Å². The Balaban J connectivity index is 1.64. The molecular weight excluding hydrogens is 262 g/mol. The van der Waals surface area contributed by atoms with E-state index in [9.17, 15) is 0 Å². The molecule has 0 saturated carbocycles. The summed E-state index contributed by atoms with van der Waals surface area (Å²) in [6.45, 7) is 3.01. The molecule has 1 heterocycles. The van der Waals surface area contributed by atoms with Crippen LogP contribution in [0.1, 0.15) is 28.8 Å². The monoisotopic (exact) mass is 285 g/mol. The van der Waals surface area contributed by atoms with Crippen molar-refractivity contribution in [2.75, 3.05) is 7.11 Å². The summed E-state index contributed by atoms with van der Waals surface area (Å²) in [6.07, 6.45) is 5.37. The van der Waals surface area contributed by atoms with Crippen LogP contribution >= 0.6 is 0 Å². The van der Waals surface area contributed by atoms with Gasteiger partial charge in [-0.25, -0.2) is 0 Å². The predicted octanol–water partition coefficient (Wildman–Crippen LogP) is 2.38. The highest BCUT2D eigenvalue weighted by Crippen LogP contribution is 2.25. The maximum absolute atomic E-state index is 5.33. The first-order chi connectivity index (χ1) is 10.2. The number of rotatable bonds is 4. The summed E-state index contributed by atoms with van der Waals surface area (Å²) in [4.78, 5) is 0. The fourth-order valence-electron chi connectivity index (χ4n) is 3.01. The Bertz CT molecular complexity index is 633. The highest BCUT2D eigenvalue weighted by atomic mass is 16.5. The molecule has 2 aromatic rings. The van der Waals surface area contributed by atoms with E-state index in [-0.39, 0.29) is 0 Å². The number of fused-ring (bicyclic) bond motifs is 1. The largest absolute Gasteiger partial charge is 0.497 e. The van der Waals surface area contributed by atoms with Gasteiger partial charge in [-0.2, -0.15) is 5.10 Å². The van der Waals surface area contributed by atoms with Gasteiger partial charge in [0.25, 0.3) is 0 Å². The first-order valence-electron chi connectivity index (χ1n) is 7.54. The SMILES string of the molecule is COc1ccc2c(c1)C[C@H](NCc1cnn(C)c1C)CC2. The second-order valence-electron chi connectivity index (χ2n) is 5.83. The summed E-state index contributed by atoms with van der Waals surface area (Å²) in [5.74, 6) is 0.956. The molecule has 4 heteroatoms. The number of methoxy groups -OCH3 is 1. The molecule has 1 aliphatic carbocycles. The van der Waals surface area contributed by atoms with E-state index >= 15 is 0 Å². The Morgan fingerprint density at radius 2 is 2.24 bits per heavy atom. The summed E-state index contributed by atoms with van der Waals surface area (Å²) < 4.78 is 7.26. The van der Waals surface area contributed by atoms with Crippen molar-refractivity contribution >= 4 is 0 Å². The van der Waals surface area contributed by atoms with Crippen molar-refractivity contribution in [1.29, 1.82) is 0 Å². The number of nitrogens with zero attached hydrogens (tertiary/aromatic N) is 2. The molecule has 0 aliphatic heterocycles. The highest BCUT2D eigenvalue weighted by Gasteiger charge is 2.19. The van der Waals surface area contributed by atoms with Crippen LogP contribution in [0.25, 0.3) is 0 Å². The van der Waals surface area contributed by atoms with Gasteiger partial charge in [-0.1, -0.05) is 6.07 Å². The zero-order chi connectivity index (χ0) is 14.8. The van der Waals surface area contributed by atoms with E-state index in [4.69, 9.17) is 4.74 Å². The molecule has 1 aliphatic rings. The number of ether oxygens (including phenoxy) is 1. The number of benzene rings is 1. The van der Waals surface area contributed by atoms with Crippen LogP contribution in [0.3, 0.4) is 0 Å². The van der Waals surface area contributed by atoms with Gasteiger partial charge in [0.05, 0.1) is 13.3 Å². The summed E-state index contributed by atoms with van der Waals surface area (Å²) in [6, 6.07) is 6.98. The molecule has 0 bridgehead atoms. The molecular formula is C17H23N3O. The highest BCUT2D eigenvalue weighted by molar-refractivity contribution is 5.38. The van der Waals surface area contributed by atoms with E-state index < -0.39 is 0 Å². The van der Waals surface area contributed by atoms with Crippen molar-refractivity contribution in [3.8, 4) is 5.75 Å². The average Bonchev–Trinajstić information content (AvgIpc) is 2.83. The van der Waals surface area contributed by atoms with Crippen LogP contribution < -0.4 is 10.1 Å². The van der Waals surface area contributed by atoms with Crippen LogP contribution in [0, 0.1) is 6.92 Å². The number of hydrogen-bond acceptors (Lipinski definition) is 3. The van der Waals surface area contributed by atoms with Crippen molar-refractivity contribution in [2.45, 2.75) is 38.8 Å². The third-order valence-corrected chi connectivity index (χ3v) is 4.56. The van der Waals surface area contributed by atoms with Crippen LogP contribution in [0.2, 0.25) is 0 Å². The number of aromatic nitrogens is 2. The first kappa shape index (κ1) is 14.1. The lowest BCUT2D eigenvalue weighted by atomic mass is 9.88. The Labute approximate surface area is 126 Å². The van der Waals surface area contributed by atoms with E-state index in [0.717, 1.165) is 25.1 Å². The maximum atomic E-state index is 5.33. The molecule has 0 amide bonds. The summed E-state index contributed by atoms with van der Waals surface area (Å²) in [5.41, 5.74) is 5.40. The van der Waals surface area contributed by atoms with Crippen molar-refractivity contribution < 1.29 is 4.74 Å². The third kappa shape index (κ3) is 2.95. The average molecular weight is 285 g/mol.